The van der Waals surface area contributed by atoms with Crippen LogP contribution in [0, 0.1) is 11.7 Å². The molecule has 0 aliphatic carbocycles. The minimum absolute atomic E-state index is 0.115. The summed E-state index contributed by atoms with van der Waals surface area (Å²) in [6.45, 7) is 4.68. The van der Waals surface area contributed by atoms with E-state index in [2.05, 4.69) is 11.6 Å². The third-order valence-corrected chi connectivity index (χ3v) is 9.26. The number of piperidine rings is 1. The molecule has 1 unspecified atom stereocenters. The summed E-state index contributed by atoms with van der Waals surface area (Å²) in [6, 6.07) is 7.71. The first-order valence-corrected chi connectivity index (χ1v) is 12.6. The maximum atomic E-state index is 13.6. The van der Waals surface area contributed by atoms with Crippen LogP contribution in [0.1, 0.15) is 12.8 Å². The van der Waals surface area contributed by atoms with Gasteiger partial charge in [0.25, 0.3) is 15.9 Å². The number of thiophene rings is 1. The number of aromatic nitrogens is 1. The molecule has 10 heteroatoms. The van der Waals surface area contributed by atoms with E-state index < -0.39 is 15.9 Å². The fraction of sp³-hybridized carbons (Fsp3) is 0.300. The van der Waals surface area contributed by atoms with E-state index in [0.717, 1.165) is 5.52 Å². The summed E-state index contributed by atoms with van der Waals surface area (Å²) in [5, 5.41) is 1.72. The second kappa shape index (κ2) is 8.54. The molecule has 4 rings (SSSR count). The number of sulfonamides is 1. The molecule has 1 atom stereocenters. The third-order valence-electron chi connectivity index (χ3n) is 4.98. The first kappa shape index (κ1) is 21.1. The number of carbonyl (C=O) groups excluding carboxylic acids is 1. The molecule has 0 spiro atoms. The number of carbonyl (C=O) groups is 1. The minimum Gasteiger partial charge on any atom is -0.313 e. The summed E-state index contributed by atoms with van der Waals surface area (Å²) in [7, 11) is -3.60. The Labute approximate surface area is 181 Å². The summed E-state index contributed by atoms with van der Waals surface area (Å²) < 4.78 is 43.4. The molecule has 158 valence electrons. The van der Waals surface area contributed by atoms with Crippen LogP contribution in [0.25, 0.3) is 10.2 Å². The van der Waals surface area contributed by atoms with Crippen LogP contribution in [0.5, 0.6) is 0 Å². The number of fused-ring (bicyclic) bond motifs is 1. The smallest absolute Gasteiger partial charge is 0.252 e. The van der Waals surface area contributed by atoms with Crippen LogP contribution < -0.4 is 4.80 Å². The van der Waals surface area contributed by atoms with Crippen LogP contribution in [0.15, 0.2) is 57.6 Å². The van der Waals surface area contributed by atoms with Gasteiger partial charge >= 0.3 is 0 Å². The molecule has 1 fully saturated rings. The van der Waals surface area contributed by atoms with Gasteiger partial charge in [-0.05, 0) is 42.5 Å². The van der Waals surface area contributed by atoms with Gasteiger partial charge in [0.05, 0.1) is 16.1 Å². The first-order valence-electron chi connectivity index (χ1n) is 9.42. The van der Waals surface area contributed by atoms with Crippen molar-refractivity contribution < 1.29 is 17.6 Å². The van der Waals surface area contributed by atoms with E-state index in [1.807, 2.05) is 4.57 Å². The van der Waals surface area contributed by atoms with Crippen LogP contribution in [0.3, 0.4) is 0 Å². The van der Waals surface area contributed by atoms with Crippen molar-refractivity contribution >= 4 is 48.8 Å². The Morgan fingerprint density at radius 1 is 1.37 bits per heavy atom. The average Bonchev–Trinajstić information content (AvgIpc) is 3.37. The molecule has 1 aliphatic heterocycles. The number of nitrogens with zero attached hydrogens (tertiary/aromatic N) is 3. The number of benzene rings is 1. The molecule has 3 aromatic rings. The van der Waals surface area contributed by atoms with Gasteiger partial charge in [0.15, 0.2) is 4.80 Å². The summed E-state index contributed by atoms with van der Waals surface area (Å²) in [6.07, 6.45) is 2.87. The Hall–Kier alpha value is -2.14. The van der Waals surface area contributed by atoms with E-state index in [0.29, 0.717) is 35.4 Å². The van der Waals surface area contributed by atoms with Crippen molar-refractivity contribution in [1.82, 2.24) is 8.87 Å². The second-order valence-electron chi connectivity index (χ2n) is 6.98. The monoisotopic (exact) mass is 465 g/mol. The highest BCUT2D eigenvalue weighted by molar-refractivity contribution is 7.91. The van der Waals surface area contributed by atoms with E-state index in [4.69, 9.17) is 0 Å². The predicted molar refractivity (Wildman–Crippen MR) is 116 cm³/mol. The SMILES string of the molecule is C=CCn1c(=NC(=O)C2CCCN(S(=O)(=O)c3cccs3)C2)sc2cc(F)ccc21. The maximum Gasteiger partial charge on any atom is 0.252 e. The molecule has 0 bridgehead atoms. The summed E-state index contributed by atoms with van der Waals surface area (Å²) in [5.74, 6) is -1.22. The molecular formula is C20H20FN3O3S3. The quantitative estimate of drug-likeness (QED) is 0.541. The molecule has 1 amide bonds. The van der Waals surface area contributed by atoms with Crippen molar-refractivity contribution in [3.8, 4) is 0 Å². The van der Waals surface area contributed by atoms with Crippen LogP contribution in [0.2, 0.25) is 0 Å². The Kier molecular flexibility index (Phi) is 6.01. The lowest BCUT2D eigenvalue weighted by Gasteiger charge is -2.29. The van der Waals surface area contributed by atoms with Gasteiger partial charge in [-0.15, -0.1) is 17.9 Å². The van der Waals surface area contributed by atoms with Gasteiger partial charge < -0.3 is 4.57 Å². The van der Waals surface area contributed by atoms with Gasteiger partial charge in [-0.2, -0.15) is 9.30 Å². The number of amides is 1. The Morgan fingerprint density at radius 2 is 2.20 bits per heavy atom. The largest absolute Gasteiger partial charge is 0.313 e. The second-order valence-corrected chi connectivity index (χ2v) is 11.1. The number of thiazole rings is 1. The van der Waals surface area contributed by atoms with E-state index in [-0.39, 0.29) is 22.5 Å². The molecular weight excluding hydrogens is 445 g/mol. The van der Waals surface area contributed by atoms with Crippen LogP contribution in [-0.2, 0) is 21.4 Å². The molecule has 0 N–H and O–H groups in total. The number of allylic oxidation sites excluding steroid dienone is 1. The zero-order valence-electron chi connectivity index (χ0n) is 16.0. The highest BCUT2D eigenvalue weighted by atomic mass is 32.2. The van der Waals surface area contributed by atoms with Gasteiger partial charge in [-0.3, -0.25) is 4.79 Å². The third kappa shape index (κ3) is 4.04. The standard InChI is InChI=1S/C20H20FN3O3S3/c1-2-9-24-16-8-7-15(21)12-17(16)29-20(24)22-19(25)14-5-3-10-23(13-14)30(26,27)18-6-4-11-28-18/h2,4,6-8,11-12,14H,1,3,5,9-10,13H2. The fourth-order valence-corrected chi connectivity index (χ4v) is 7.26. The number of rotatable bonds is 5. The molecule has 1 aliphatic rings. The van der Waals surface area contributed by atoms with Gasteiger partial charge in [-0.1, -0.05) is 23.5 Å². The Balaban J connectivity index is 1.64. The zero-order chi connectivity index (χ0) is 21.3. The summed E-state index contributed by atoms with van der Waals surface area (Å²) in [4.78, 5) is 17.7. The van der Waals surface area contributed by atoms with Gasteiger partial charge in [0.2, 0.25) is 0 Å². The topological polar surface area (TPSA) is 71.7 Å². The lowest BCUT2D eigenvalue weighted by Crippen LogP contribution is -2.42. The Morgan fingerprint density at radius 3 is 2.93 bits per heavy atom. The molecule has 3 heterocycles. The van der Waals surface area contributed by atoms with Crippen molar-refractivity contribution in [1.29, 1.82) is 0 Å². The summed E-state index contributed by atoms with van der Waals surface area (Å²) in [5.41, 5.74) is 0.776. The first-order chi connectivity index (χ1) is 14.4. The number of halogens is 1. The highest BCUT2D eigenvalue weighted by Gasteiger charge is 2.33. The molecule has 0 saturated carbocycles. The molecule has 30 heavy (non-hydrogen) atoms. The van der Waals surface area contributed by atoms with E-state index in [1.165, 1.54) is 39.1 Å². The van der Waals surface area contributed by atoms with Gasteiger partial charge in [-0.25, -0.2) is 12.8 Å². The molecule has 6 nitrogen and oxygen atoms in total. The molecule has 2 aromatic heterocycles. The van der Waals surface area contributed by atoms with Crippen molar-refractivity contribution in [3.05, 3.63) is 59.0 Å². The van der Waals surface area contributed by atoms with Crippen LogP contribution >= 0.6 is 22.7 Å². The van der Waals surface area contributed by atoms with E-state index >= 15 is 0 Å². The Bertz CT molecular complexity index is 1260. The average molecular weight is 466 g/mol. The summed E-state index contributed by atoms with van der Waals surface area (Å²) >= 11 is 2.40. The fourth-order valence-electron chi connectivity index (χ4n) is 3.52. The predicted octanol–water partition coefficient (Wildman–Crippen LogP) is 3.62. The number of hydrogen-bond donors (Lipinski definition) is 0. The lowest BCUT2D eigenvalue weighted by atomic mass is 9.99. The maximum absolute atomic E-state index is 13.6. The van der Waals surface area contributed by atoms with Gasteiger partial charge in [0.1, 0.15) is 10.0 Å². The molecule has 1 saturated heterocycles. The normalized spacial score (nSPS) is 18.7. The van der Waals surface area contributed by atoms with Crippen LogP contribution in [0.4, 0.5) is 4.39 Å². The zero-order valence-corrected chi connectivity index (χ0v) is 18.5. The van der Waals surface area contributed by atoms with Gasteiger partial charge in [0, 0.05) is 19.6 Å². The van der Waals surface area contributed by atoms with E-state index in [9.17, 15) is 17.6 Å². The molecule has 0 radical (unpaired) electrons. The highest BCUT2D eigenvalue weighted by Crippen LogP contribution is 2.27. The van der Waals surface area contributed by atoms with Crippen molar-refractivity contribution in [3.63, 3.8) is 0 Å². The number of hydrogen-bond acceptors (Lipinski definition) is 5. The van der Waals surface area contributed by atoms with E-state index in [1.54, 1.807) is 29.7 Å². The van der Waals surface area contributed by atoms with Crippen LogP contribution in [-0.4, -0.2) is 36.3 Å². The van der Waals surface area contributed by atoms with Crippen molar-refractivity contribution in [2.75, 3.05) is 13.1 Å². The van der Waals surface area contributed by atoms with Crippen molar-refractivity contribution in [2.45, 2.75) is 23.6 Å². The lowest BCUT2D eigenvalue weighted by molar-refractivity contribution is -0.122. The minimum atomic E-state index is -3.60. The molecule has 1 aromatic carbocycles. The van der Waals surface area contributed by atoms with Crippen molar-refractivity contribution in [2.24, 2.45) is 10.9 Å².